The van der Waals surface area contributed by atoms with Gasteiger partial charge in [-0.1, -0.05) is 6.08 Å². The zero-order valence-electron chi connectivity index (χ0n) is 24.7. The van der Waals surface area contributed by atoms with Gasteiger partial charge in [-0.05, 0) is 67.8 Å². The summed E-state index contributed by atoms with van der Waals surface area (Å²) in [6.45, 7) is 6.84. The molecule has 3 N–H and O–H groups in total. The van der Waals surface area contributed by atoms with Crippen LogP contribution in [-0.2, 0) is 47.7 Å². The molecule has 0 saturated carbocycles. The minimum absolute atomic E-state index is 0.00888. The number of carbonyl (C=O) groups excluding carboxylic acids is 7. The highest BCUT2D eigenvalue weighted by atomic mass is 127. The van der Waals surface area contributed by atoms with Gasteiger partial charge in [-0.25, -0.2) is 0 Å². The predicted molar refractivity (Wildman–Crippen MR) is 183 cm³/mol. The maximum atomic E-state index is 13.5. The molecule has 15 nitrogen and oxygen atoms in total. The van der Waals surface area contributed by atoms with Crippen molar-refractivity contribution in [1.29, 1.82) is 0 Å². The number of benzene rings is 1. The average Bonchev–Trinajstić information content (AvgIpc) is 2.93. The van der Waals surface area contributed by atoms with Crippen molar-refractivity contribution in [3.63, 3.8) is 0 Å². The highest BCUT2D eigenvalue weighted by Crippen LogP contribution is 2.36. The van der Waals surface area contributed by atoms with Gasteiger partial charge in [-0.2, -0.15) is 0 Å². The van der Waals surface area contributed by atoms with Crippen LogP contribution >= 0.6 is 67.8 Å². The van der Waals surface area contributed by atoms with Gasteiger partial charge in [0.2, 0.25) is 5.91 Å². The van der Waals surface area contributed by atoms with E-state index in [1.165, 1.54) is 19.9 Å². The third kappa shape index (κ3) is 14.6. The second-order valence-corrected chi connectivity index (χ2v) is 12.1. The number of ether oxygens (including phenoxy) is 5. The van der Waals surface area contributed by atoms with E-state index < -0.39 is 53.8 Å². The number of anilines is 1. The molecule has 1 aromatic carbocycles. The van der Waals surface area contributed by atoms with E-state index in [0.717, 1.165) is 13.8 Å². The van der Waals surface area contributed by atoms with E-state index in [1.54, 1.807) is 0 Å². The molecule has 3 amide bonds. The molecule has 0 bridgehead atoms. The fraction of sp³-hybridized carbons (Fsp3) is 0.444. The number of carbonyl (C=O) groups is 7. The van der Waals surface area contributed by atoms with E-state index in [-0.39, 0.29) is 67.0 Å². The molecule has 0 radical (unpaired) electrons. The molecule has 0 spiro atoms. The molecule has 0 fully saturated rings. The molecule has 248 valence electrons. The van der Waals surface area contributed by atoms with Gasteiger partial charge in [0.15, 0.2) is 12.2 Å². The number of hydrogen-bond acceptors (Lipinski definition) is 12. The molecule has 2 atom stereocenters. The lowest BCUT2D eigenvalue weighted by Gasteiger charge is -2.22. The van der Waals surface area contributed by atoms with Crippen LogP contribution in [0.5, 0.6) is 0 Å². The van der Waals surface area contributed by atoms with Gasteiger partial charge < -0.3 is 39.6 Å². The fourth-order valence-corrected chi connectivity index (χ4v) is 7.75. The van der Waals surface area contributed by atoms with E-state index in [2.05, 4.69) is 22.5 Å². The van der Waals surface area contributed by atoms with Crippen LogP contribution in [-0.4, -0.2) is 93.3 Å². The van der Waals surface area contributed by atoms with Crippen LogP contribution in [0.1, 0.15) is 48.4 Å². The molecule has 1 rings (SSSR count). The molecule has 0 saturated heterocycles. The molecule has 1 aromatic rings. The van der Waals surface area contributed by atoms with Crippen LogP contribution in [0.2, 0.25) is 0 Å². The first-order chi connectivity index (χ1) is 21.1. The van der Waals surface area contributed by atoms with E-state index in [0.29, 0.717) is 0 Å². The normalized spacial score (nSPS) is 11.7. The SMILES string of the molecule is C=CCOCC(=O)Nc1c(I)c(C(=O)NCC(COC(C)=O)OC(C)=O)c(I)c(C(=O)NCC(COC(C)=O)OC(C)=O)c1I. The van der Waals surface area contributed by atoms with Crippen molar-refractivity contribution in [3.05, 3.63) is 34.5 Å². The smallest absolute Gasteiger partial charge is 0.303 e. The zero-order chi connectivity index (χ0) is 34.3. The van der Waals surface area contributed by atoms with E-state index >= 15 is 0 Å². The quantitative estimate of drug-likeness (QED) is 0.0677. The second-order valence-electron chi connectivity index (χ2n) is 8.91. The first-order valence-corrected chi connectivity index (χ1v) is 16.2. The maximum Gasteiger partial charge on any atom is 0.303 e. The van der Waals surface area contributed by atoms with Crippen molar-refractivity contribution in [1.82, 2.24) is 10.6 Å². The molecule has 0 aromatic heterocycles. The lowest BCUT2D eigenvalue weighted by molar-refractivity contribution is -0.155. The zero-order valence-corrected chi connectivity index (χ0v) is 31.2. The van der Waals surface area contributed by atoms with Crippen molar-refractivity contribution in [2.24, 2.45) is 0 Å². The van der Waals surface area contributed by atoms with Crippen LogP contribution in [0.15, 0.2) is 12.7 Å². The van der Waals surface area contributed by atoms with E-state index in [9.17, 15) is 33.6 Å². The van der Waals surface area contributed by atoms with Crippen LogP contribution in [0.25, 0.3) is 0 Å². The minimum atomic E-state index is -1.01. The number of esters is 4. The summed E-state index contributed by atoms with van der Waals surface area (Å²) in [4.78, 5) is 85.3. The Labute approximate surface area is 300 Å². The number of rotatable bonds is 17. The second kappa shape index (κ2) is 20.5. The van der Waals surface area contributed by atoms with Gasteiger partial charge in [0.05, 0.1) is 43.7 Å². The van der Waals surface area contributed by atoms with Gasteiger partial charge in [0, 0.05) is 31.3 Å². The number of hydrogen-bond donors (Lipinski definition) is 3. The monoisotopic (exact) mass is 971 g/mol. The summed E-state index contributed by atoms with van der Waals surface area (Å²) in [7, 11) is 0. The molecular weight excluding hydrogens is 939 g/mol. The number of halogens is 3. The molecule has 18 heteroatoms. The van der Waals surface area contributed by atoms with Gasteiger partial charge >= 0.3 is 23.9 Å². The van der Waals surface area contributed by atoms with Crippen molar-refractivity contribution in [2.45, 2.75) is 39.9 Å². The standard InChI is InChI=1S/C27H32I3N3O12/c1-6-7-41-12-19(38)33-25-23(29)20(26(39)31-8-17(44-15(4)36)10-42-13(2)34)22(28)21(24(25)30)27(40)32-9-18(45-16(5)37)11-43-14(3)35/h6,17-18H,1,7-12H2,2-5H3,(H,31,39)(H,32,40)(H,33,38). The molecule has 45 heavy (non-hydrogen) atoms. The Balaban J connectivity index is 3.49. The van der Waals surface area contributed by atoms with Gasteiger partial charge in [-0.15, -0.1) is 6.58 Å². The maximum absolute atomic E-state index is 13.5. The Kier molecular flexibility index (Phi) is 18.4. The average molecular weight is 971 g/mol. The molecule has 0 heterocycles. The largest absolute Gasteiger partial charge is 0.462 e. The van der Waals surface area contributed by atoms with Crippen LogP contribution in [0.3, 0.4) is 0 Å². The summed E-state index contributed by atoms with van der Waals surface area (Å²) < 4.78 is 26.0. The Hall–Kier alpha value is -2.60. The van der Waals surface area contributed by atoms with E-state index in [1.807, 2.05) is 67.8 Å². The first-order valence-electron chi connectivity index (χ1n) is 12.9. The molecule has 2 unspecified atom stereocenters. The topological polar surface area (TPSA) is 202 Å². The number of nitrogens with one attached hydrogen (secondary N) is 3. The van der Waals surface area contributed by atoms with Gasteiger partial charge in [0.25, 0.3) is 11.8 Å². The Bertz CT molecular complexity index is 1240. The highest BCUT2D eigenvalue weighted by Gasteiger charge is 2.30. The van der Waals surface area contributed by atoms with Crippen molar-refractivity contribution < 1.29 is 57.2 Å². The first kappa shape index (κ1) is 40.4. The fourth-order valence-electron chi connectivity index (χ4n) is 3.33. The van der Waals surface area contributed by atoms with Crippen LogP contribution in [0, 0.1) is 10.7 Å². The summed E-state index contributed by atoms with van der Waals surface area (Å²) in [5.74, 6) is -4.51. The van der Waals surface area contributed by atoms with Crippen molar-refractivity contribution in [2.75, 3.05) is 44.8 Å². The van der Waals surface area contributed by atoms with Gasteiger partial charge in [-0.3, -0.25) is 33.6 Å². The summed E-state index contributed by atoms with van der Waals surface area (Å²) in [6.07, 6.45) is -0.547. The third-order valence-electron chi connectivity index (χ3n) is 5.10. The van der Waals surface area contributed by atoms with Crippen molar-refractivity contribution in [3.8, 4) is 0 Å². The Morgan fingerprint density at radius 2 is 1.13 bits per heavy atom. The molecule has 0 aliphatic heterocycles. The summed E-state index contributed by atoms with van der Waals surface area (Å²) in [5, 5.41) is 7.90. The van der Waals surface area contributed by atoms with E-state index in [4.69, 9.17) is 23.7 Å². The van der Waals surface area contributed by atoms with Crippen molar-refractivity contribution >= 4 is 115 Å². The predicted octanol–water partition coefficient (Wildman–Crippen LogP) is 2.09. The number of amides is 3. The molecule has 0 aliphatic carbocycles. The summed E-state index contributed by atoms with van der Waals surface area (Å²) >= 11 is 5.53. The lowest BCUT2D eigenvalue weighted by atomic mass is 10.1. The Morgan fingerprint density at radius 1 is 0.711 bits per heavy atom. The molecular formula is C27H32I3N3O12. The lowest BCUT2D eigenvalue weighted by Crippen LogP contribution is -2.40. The summed E-state index contributed by atoms with van der Waals surface area (Å²) in [6, 6.07) is 0. The molecule has 0 aliphatic rings. The van der Waals surface area contributed by atoms with Crippen LogP contribution in [0.4, 0.5) is 5.69 Å². The highest BCUT2D eigenvalue weighted by molar-refractivity contribution is 14.1. The minimum Gasteiger partial charge on any atom is -0.462 e. The van der Waals surface area contributed by atoms with Gasteiger partial charge in [0.1, 0.15) is 19.8 Å². The third-order valence-corrected chi connectivity index (χ3v) is 8.33. The van der Waals surface area contributed by atoms with Crippen LogP contribution < -0.4 is 16.0 Å². The Morgan fingerprint density at radius 3 is 1.49 bits per heavy atom. The summed E-state index contributed by atoms with van der Waals surface area (Å²) in [5.41, 5.74) is 0.163.